The minimum Gasteiger partial charge on any atom is -0.393 e. The van der Waals surface area contributed by atoms with Crippen molar-refractivity contribution in [1.82, 2.24) is 15.0 Å². The molecule has 1 amide bonds. The zero-order valence-corrected chi connectivity index (χ0v) is 58.3. The number of ketones is 2. The van der Waals surface area contributed by atoms with E-state index in [-0.39, 0.29) is 84.9 Å². The number of amides is 1. The minimum atomic E-state index is -3.53. The maximum atomic E-state index is 13.7. The Morgan fingerprint density at radius 2 is 0.897 bits per heavy atom. The summed E-state index contributed by atoms with van der Waals surface area (Å²) >= 11 is 0. The van der Waals surface area contributed by atoms with Crippen LogP contribution in [0.4, 0.5) is 30.6 Å². The van der Waals surface area contributed by atoms with Gasteiger partial charge in [0, 0.05) is 92.0 Å². The zero-order chi connectivity index (χ0) is 71.2. The lowest BCUT2D eigenvalue weighted by Gasteiger charge is -2.31. The third kappa shape index (κ3) is 20.4. The number of aliphatic hydroxyl groups is 6. The summed E-state index contributed by atoms with van der Waals surface area (Å²) in [5.41, 5.74) is 12.7. The average molecular weight is 1360 g/mol. The van der Waals surface area contributed by atoms with Gasteiger partial charge in [0.05, 0.1) is 60.0 Å². The van der Waals surface area contributed by atoms with Crippen molar-refractivity contribution in [3.05, 3.63) is 159 Å². The number of carbonyl (C=O) groups excluding carboxylic acids is 3. The molecular formula is C76H95F3N6O11S. The van der Waals surface area contributed by atoms with Gasteiger partial charge in [-0.25, -0.2) is 36.5 Å². The molecule has 0 saturated carbocycles. The topological polar surface area (TPSA) is 264 Å². The van der Waals surface area contributed by atoms with Crippen molar-refractivity contribution >= 4 is 63.2 Å². The third-order valence-electron chi connectivity index (χ3n) is 17.1. The lowest BCUT2D eigenvalue weighted by molar-refractivity contribution is -0.120. The molecule has 9 rings (SSSR count). The molecule has 0 radical (unpaired) electrons. The number of aliphatic hydroxyl groups excluding tert-OH is 6. The molecule has 7 N–H and O–H groups in total. The highest BCUT2D eigenvalue weighted by atomic mass is 32.2. The molecule has 6 aromatic rings. The van der Waals surface area contributed by atoms with Crippen molar-refractivity contribution in [3.8, 4) is 33.4 Å². The summed E-state index contributed by atoms with van der Waals surface area (Å²) in [5.74, 6) is 0.659. The molecule has 3 aliphatic heterocycles. The summed E-state index contributed by atoms with van der Waals surface area (Å²) in [6.45, 7) is 20.0. The number of benzene rings is 3. The SMILES string of the molecule is CC(=O)C[C@H](O)C[C@H](O)/C=C/c1c(C(C)C)nc2c(c1-c1ccc(F)cc1)CCCN2C(C)=O.CC(=O)C[C@H](O)C[C@H](O)/C=C/c1c(C(C)C)nc2c(c1-c1ccc(F)cc1)CCN2S(C)(=O)=O.CC[C@H](O)C[C@H](O)/C=C/c1c(C(C)C)nc2c(c1-c1ccc(F)cc1)CCCN2. The van der Waals surface area contributed by atoms with Gasteiger partial charge in [0.25, 0.3) is 0 Å². The number of pyridine rings is 3. The van der Waals surface area contributed by atoms with E-state index in [0.29, 0.717) is 54.3 Å². The van der Waals surface area contributed by atoms with Crippen molar-refractivity contribution in [2.24, 2.45) is 0 Å². The molecule has 522 valence electrons. The lowest BCUT2D eigenvalue weighted by Crippen LogP contribution is -2.35. The van der Waals surface area contributed by atoms with Gasteiger partial charge >= 0.3 is 0 Å². The van der Waals surface area contributed by atoms with Crippen LogP contribution in [0.2, 0.25) is 0 Å². The summed E-state index contributed by atoms with van der Waals surface area (Å²) in [4.78, 5) is 51.1. The van der Waals surface area contributed by atoms with Gasteiger partial charge in [0.1, 0.15) is 46.5 Å². The standard InChI is InChI=1S/C27H33FN2O4.C25H31FN2O5S.C24H31FN2O2/c1-16(2)26-23(12-11-21(33)15-22(34)14-17(3)31)25(19-7-9-20(28)10-8-19)24-6-5-13-30(18(4)32)27(24)29-26;1-15(2)24-21(10-9-19(30)14-20(31)13-16(3)29)23(17-5-7-18(26)8-6-17)22-11-12-28(25(22)27-24)34(4,32)33;1-4-18(28)14-19(29)11-12-20-22(16-7-9-17(25)10-8-16)21-6-5-13-26-24(21)27-23(20)15(2)3/h7-12,16,21-22,33-34H,5-6,13-15H2,1-4H3;5-10,15,19-20,30-31H,11-14H2,1-4H3;7-12,15,18-19,28-29H,4-6,13-14H2,1-3H3,(H,26,27)/b12-11+;10-9+;12-11+/t21-,22+;19-,20+;18-,19+/m110/s1. The normalized spacial score (nSPS) is 15.7. The van der Waals surface area contributed by atoms with Crippen molar-refractivity contribution in [2.75, 3.05) is 40.4 Å². The maximum Gasteiger partial charge on any atom is 0.233 e. The number of sulfonamides is 1. The van der Waals surface area contributed by atoms with E-state index in [9.17, 15) is 66.6 Å². The summed E-state index contributed by atoms with van der Waals surface area (Å²) in [6, 6.07) is 18.8. The zero-order valence-electron chi connectivity index (χ0n) is 57.5. The first-order chi connectivity index (χ1) is 45.9. The number of hydrogen-bond donors (Lipinski definition) is 7. The van der Waals surface area contributed by atoms with Crippen molar-refractivity contribution in [3.63, 3.8) is 0 Å². The fourth-order valence-corrected chi connectivity index (χ4v) is 13.4. The molecule has 0 unspecified atom stereocenters. The summed E-state index contributed by atoms with van der Waals surface area (Å²) < 4.78 is 67.0. The van der Waals surface area contributed by atoms with Crippen LogP contribution in [0, 0.1) is 17.5 Å². The molecule has 3 aromatic heterocycles. The van der Waals surface area contributed by atoms with Gasteiger partial charge in [0.2, 0.25) is 15.9 Å². The Balaban J connectivity index is 0.000000206. The van der Waals surface area contributed by atoms with Crippen LogP contribution in [0.25, 0.3) is 51.6 Å². The Bertz CT molecular complexity index is 3940. The second-order valence-corrected chi connectivity index (χ2v) is 28.2. The molecule has 3 aliphatic rings. The molecule has 0 fully saturated rings. The van der Waals surface area contributed by atoms with E-state index in [1.807, 2.05) is 40.7 Å². The smallest absolute Gasteiger partial charge is 0.233 e. The van der Waals surface area contributed by atoms with E-state index in [1.165, 1.54) is 67.6 Å². The van der Waals surface area contributed by atoms with E-state index in [2.05, 4.69) is 19.2 Å². The summed E-state index contributed by atoms with van der Waals surface area (Å²) in [5, 5.41) is 64.6. The number of nitrogens with one attached hydrogen (secondary N) is 1. The van der Waals surface area contributed by atoms with E-state index in [0.717, 1.165) is 111 Å². The van der Waals surface area contributed by atoms with Gasteiger partial charge < -0.3 is 36.0 Å². The van der Waals surface area contributed by atoms with Crippen LogP contribution in [0.1, 0.15) is 189 Å². The molecule has 0 aliphatic carbocycles. The van der Waals surface area contributed by atoms with Crippen LogP contribution >= 0.6 is 0 Å². The molecule has 21 heteroatoms. The highest BCUT2D eigenvalue weighted by molar-refractivity contribution is 7.92. The molecule has 3 aromatic carbocycles. The Hall–Kier alpha value is -7.76. The van der Waals surface area contributed by atoms with Crippen LogP contribution < -0.4 is 14.5 Å². The first-order valence-electron chi connectivity index (χ1n) is 33.5. The van der Waals surface area contributed by atoms with Crippen molar-refractivity contribution in [2.45, 2.75) is 194 Å². The van der Waals surface area contributed by atoms with Gasteiger partial charge in [-0.2, -0.15) is 0 Å². The van der Waals surface area contributed by atoms with Crippen molar-refractivity contribution < 1.29 is 66.6 Å². The first kappa shape index (κ1) is 76.6. The molecule has 6 heterocycles. The predicted octanol–water partition coefficient (Wildman–Crippen LogP) is 12.8. The number of fused-ring (bicyclic) bond motifs is 3. The number of anilines is 3. The highest BCUT2D eigenvalue weighted by Gasteiger charge is 2.34. The number of rotatable bonds is 24. The molecule has 17 nitrogen and oxygen atoms in total. The molecule has 6 atom stereocenters. The molecule has 97 heavy (non-hydrogen) atoms. The fourth-order valence-electron chi connectivity index (χ4n) is 12.5. The third-order valence-corrected chi connectivity index (χ3v) is 18.3. The highest BCUT2D eigenvalue weighted by Crippen LogP contribution is 2.44. The van der Waals surface area contributed by atoms with E-state index >= 15 is 0 Å². The molecular weight excluding hydrogens is 1260 g/mol. The van der Waals surface area contributed by atoms with E-state index in [1.54, 1.807) is 65.6 Å². The lowest BCUT2D eigenvalue weighted by atomic mass is 9.87. The van der Waals surface area contributed by atoms with Gasteiger partial charge in [-0.3, -0.25) is 23.6 Å². The van der Waals surface area contributed by atoms with Gasteiger partial charge in [-0.05, 0) is 140 Å². The predicted molar refractivity (Wildman–Crippen MR) is 378 cm³/mol. The van der Waals surface area contributed by atoms with E-state index in [4.69, 9.17) is 15.0 Å². The quantitative estimate of drug-likeness (QED) is 0.0297. The Kier molecular flexibility index (Phi) is 27.4. The largest absolute Gasteiger partial charge is 0.393 e. The van der Waals surface area contributed by atoms with Gasteiger partial charge in [-0.1, -0.05) is 121 Å². The molecule has 0 saturated heterocycles. The fraction of sp³-hybridized carbons (Fsp3) is 0.447. The maximum absolute atomic E-state index is 13.7. The number of halogens is 3. The Labute approximate surface area is 569 Å². The number of carbonyl (C=O) groups is 3. The van der Waals surface area contributed by atoms with Crippen LogP contribution in [-0.4, -0.2) is 134 Å². The second-order valence-electron chi connectivity index (χ2n) is 26.3. The number of aromatic nitrogens is 3. The number of nitrogens with zero attached hydrogens (tertiary/aromatic N) is 5. The first-order valence-corrected chi connectivity index (χ1v) is 35.3. The monoisotopic (exact) mass is 1360 g/mol. The summed E-state index contributed by atoms with van der Waals surface area (Å²) in [6.07, 6.45) is 11.1. The van der Waals surface area contributed by atoms with Crippen molar-refractivity contribution in [1.29, 1.82) is 0 Å². The molecule has 0 bridgehead atoms. The van der Waals surface area contributed by atoms with Crippen LogP contribution in [0.15, 0.2) is 91.0 Å². The number of hydrogen-bond acceptors (Lipinski definition) is 15. The van der Waals surface area contributed by atoms with Crippen LogP contribution in [0.3, 0.4) is 0 Å². The van der Waals surface area contributed by atoms with Gasteiger partial charge in [0.15, 0.2) is 0 Å². The average Bonchev–Trinajstić information content (AvgIpc) is 1.75. The van der Waals surface area contributed by atoms with Crippen LogP contribution in [-0.2, 0) is 43.7 Å². The van der Waals surface area contributed by atoms with Crippen LogP contribution in [0.5, 0.6) is 0 Å². The number of Topliss-reactive ketones (excluding diaryl/α,β-unsaturated/α-hetero) is 2. The minimum absolute atomic E-state index is 0.000795. The van der Waals surface area contributed by atoms with E-state index < -0.39 is 46.6 Å². The molecule has 0 spiro atoms. The Morgan fingerprint density at radius 1 is 0.526 bits per heavy atom. The summed E-state index contributed by atoms with van der Waals surface area (Å²) in [7, 11) is -3.53. The second kappa shape index (κ2) is 34.6. The Morgan fingerprint density at radius 3 is 1.28 bits per heavy atom. The van der Waals surface area contributed by atoms with Gasteiger partial charge in [-0.15, -0.1) is 0 Å².